The summed E-state index contributed by atoms with van der Waals surface area (Å²) in [5, 5.41) is 8.17. The van der Waals surface area contributed by atoms with Crippen molar-refractivity contribution < 1.29 is 4.79 Å². The molecule has 1 aliphatic rings. The molecule has 0 spiro atoms. The summed E-state index contributed by atoms with van der Waals surface area (Å²) in [6.45, 7) is 1.99. The molecule has 2 aromatic heterocycles. The number of anilines is 1. The number of hydrogen-bond donors (Lipinski definition) is 2. The number of rotatable bonds is 2. The molecule has 3 rings (SSSR count). The fourth-order valence-electron chi connectivity index (χ4n) is 2.39. The van der Waals surface area contributed by atoms with Crippen LogP contribution in [0.2, 0.25) is 0 Å². The zero-order valence-electron chi connectivity index (χ0n) is 10.6. The SMILES string of the molecule is Cn1ncc2c(N3CCNCC3C(N)=O)ncnc21. The van der Waals surface area contributed by atoms with Crippen molar-refractivity contribution in [1.29, 1.82) is 0 Å². The summed E-state index contributed by atoms with van der Waals surface area (Å²) in [4.78, 5) is 22.0. The number of nitrogens with one attached hydrogen (secondary N) is 1. The van der Waals surface area contributed by atoms with Crippen molar-refractivity contribution in [3.05, 3.63) is 12.5 Å². The minimum atomic E-state index is -0.396. The van der Waals surface area contributed by atoms with E-state index in [2.05, 4.69) is 20.4 Å². The number of primary amides is 1. The van der Waals surface area contributed by atoms with Gasteiger partial charge in [-0.05, 0) is 0 Å². The molecule has 0 radical (unpaired) electrons. The Bertz CT molecular complexity index is 623. The van der Waals surface area contributed by atoms with Crippen molar-refractivity contribution in [2.45, 2.75) is 6.04 Å². The lowest BCUT2D eigenvalue weighted by Crippen LogP contribution is -2.57. The average molecular weight is 261 g/mol. The number of carbonyl (C=O) groups excluding carboxylic acids is 1. The lowest BCUT2D eigenvalue weighted by Gasteiger charge is -2.35. The van der Waals surface area contributed by atoms with E-state index in [9.17, 15) is 4.79 Å². The third-order valence-electron chi connectivity index (χ3n) is 3.35. The Morgan fingerprint density at radius 1 is 1.53 bits per heavy atom. The molecule has 1 aliphatic heterocycles. The van der Waals surface area contributed by atoms with Crippen LogP contribution >= 0.6 is 0 Å². The van der Waals surface area contributed by atoms with Gasteiger partial charge in [0.2, 0.25) is 5.91 Å². The van der Waals surface area contributed by atoms with E-state index in [1.807, 2.05) is 11.9 Å². The molecule has 1 saturated heterocycles. The van der Waals surface area contributed by atoms with Crippen LogP contribution in [0.5, 0.6) is 0 Å². The second kappa shape index (κ2) is 4.47. The standard InChI is InChI=1S/C11H15N7O/c1-17-10-7(4-16-17)11(15-6-14-10)18-3-2-13-5-8(18)9(12)19/h4,6,8,13H,2-3,5H2,1H3,(H2,12,19). The van der Waals surface area contributed by atoms with Crippen molar-refractivity contribution in [3.8, 4) is 0 Å². The lowest BCUT2D eigenvalue weighted by atomic mass is 10.1. The van der Waals surface area contributed by atoms with Crippen molar-refractivity contribution in [2.24, 2.45) is 12.8 Å². The molecule has 0 aliphatic carbocycles. The molecule has 0 saturated carbocycles. The smallest absolute Gasteiger partial charge is 0.241 e. The van der Waals surface area contributed by atoms with Crippen molar-refractivity contribution in [2.75, 3.05) is 24.5 Å². The molecular formula is C11H15N7O. The zero-order valence-corrected chi connectivity index (χ0v) is 10.6. The molecular weight excluding hydrogens is 246 g/mol. The third kappa shape index (κ3) is 1.89. The maximum absolute atomic E-state index is 11.6. The number of nitrogens with two attached hydrogens (primary N) is 1. The first kappa shape index (κ1) is 11.8. The van der Waals surface area contributed by atoms with Crippen LogP contribution in [-0.2, 0) is 11.8 Å². The van der Waals surface area contributed by atoms with E-state index in [1.54, 1.807) is 10.9 Å². The fourth-order valence-corrected chi connectivity index (χ4v) is 2.39. The normalized spacial score (nSPS) is 19.8. The molecule has 8 heteroatoms. The van der Waals surface area contributed by atoms with E-state index in [1.165, 1.54) is 6.33 Å². The van der Waals surface area contributed by atoms with Gasteiger partial charge in [-0.2, -0.15) is 5.10 Å². The molecule has 8 nitrogen and oxygen atoms in total. The first-order valence-electron chi connectivity index (χ1n) is 6.08. The quantitative estimate of drug-likeness (QED) is 0.691. The summed E-state index contributed by atoms with van der Waals surface area (Å²) in [5.74, 6) is 0.353. The lowest BCUT2D eigenvalue weighted by molar-refractivity contribution is -0.119. The topological polar surface area (TPSA) is 102 Å². The number of piperazine rings is 1. The number of amides is 1. The number of fused-ring (bicyclic) bond motifs is 1. The van der Waals surface area contributed by atoms with Crippen LogP contribution in [0.3, 0.4) is 0 Å². The Kier molecular flexibility index (Phi) is 2.79. The largest absolute Gasteiger partial charge is 0.368 e. The van der Waals surface area contributed by atoms with Gasteiger partial charge in [0.1, 0.15) is 18.2 Å². The summed E-state index contributed by atoms with van der Waals surface area (Å²) in [6, 6.07) is -0.396. The van der Waals surface area contributed by atoms with Crippen LogP contribution in [0, 0.1) is 0 Å². The van der Waals surface area contributed by atoms with Gasteiger partial charge >= 0.3 is 0 Å². The molecule has 19 heavy (non-hydrogen) atoms. The zero-order chi connectivity index (χ0) is 13.4. The molecule has 3 heterocycles. The maximum atomic E-state index is 11.6. The van der Waals surface area contributed by atoms with E-state index in [4.69, 9.17) is 5.73 Å². The second-order valence-electron chi connectivity index (χ2n) is 4.52. The van der Waals surface area contributed by atoms with Gasteiger partial charge < -0.3 is 16.0 Å². The molecule has 1 atom stereocenters. The van der Waals surface area contributed by atoms with Crippen molar-refractivity contribution >= 4 is 22.8 Å². The second-order valence-corrected chi connectivity index (χ2v) is 4.52. The minimum absolute atomic E-state index is 0.358. The van der Waals surface area contributed by atoms with Gasteiger partial charge in [-0.3, -0.25) is 9.48 Å². The van der Waals surface area contributed by atoms with Crippen LogP contribution < -0.4 is 16.0 Å². The summed E-state index contributed by atoms with van der Waals surface area (Å²) >= 11 is 0. The van der Waals surface area contributed by atoms with Crippen LogP contribution in [0.15, 0.2) is 12.5 Å². The van der Waals surface area contributed by atoms with Gasteiger partial charge in [0.05, 0.1) is 11.6 Å². The van der Waals surface area contributed by atoms with Gasteiger partial charge in [-0.1, -0.05) is 0 Å². The first-order chi connectivity index (χ1) is 9.18. The number of aromatic nitrogens is 4. The molecule has 1 fully saturated rings. The Labute approximate surface area is 109 Å². The Morgan fingerprint density at radius 2 is 2.37 bits per heavy atom. The highest BCUT2D eigenvalue weighted by Gasteiger charge is 2.29. The Hall–Kier alpha value is -2.22. The summed E-state index contributed by atoms with van der Waals surface area (Å²) in [6.07, 6.45) is 3.20. The number of hydrogen-bond acceptors (Lipinski definition) is 6. The number of aryl methyl sites for hydroxylation is 1. The summed E-state index contributed by atoms with van der Waals surface area (Å²) in [7, 11) is 1.82. The van der Waals surface area contributed by atoms with Crippen LogP contribution in [0.1, 0.15) is 0 Å². The van der Waals surface area contributed by atoms with E-state index in [-0.39, 0.29) is 5.91 Å². The molecule has 0 bridgehead atoms. The highest BCUT2D eigenvalue weighted by Crippen LogP contribution is 2.24. The monoisotopic (exact) mass is 261 g/mol. The van der Waals surface area contributed by atoms with Crippen molar-refractivity contribution in [1.82, 2.24) is 25.1 Å². The van der Waals surface area contributed by atoms with E-state index >= 15 is 0 Å². The maximum Gasteiger partial charge on any atom is 0.241 e. The summed E-state index contributed by atoms with van der Waals surface area (Å²) < 4.78 is 1.68. The van der Waals surface area contributed by atoms with Gasteiger partial charge in [0, 0.05) is 26.7 Å². The van der Waals surface area contributed by atoms with Crippen molar-refractivity contribution in [3.63, 3.8) is 0 Å². The first-order valence-corrected chi connectivity index (χ1v) is 6.08. The predicted molar refractivity (Wildman–Crippen MR) is 69.5 cm³/mol. The highest BCUT2D eigenvalue weighted by molar-refractivity contribution is 5.91. The summed E-state index contributed by atoms with van der Waals surface area (Å²) in [5.41, 5.74) is 6.20. The highest BCUT2D eigenvalue weighted by atomic mass is 16.1. The van der Waals surface area contributed by atoms with Crippen LogP contribution in [0.4, 0.5) is 5.82 Å². The molecule has 1 unspecified atom stereocenters. The van der Waals surface area contributed by atoms with Crippen LogP contribution in [-0.4, -0.2) is 51.3 Å². The Balaban J connectivity index is 2.09. The number of carbonyl (C=O) groups is 1. The Morgan fingerprint density at radius 3 is 3.16 bits per heavy atom. The van der Waals surface area contributed by atoms with Gasteiger partial charge in [0.25, 0.3) is 0 Å². The van der Waals surface area contributed by atoms with Gasteiger partial charge in [0.15, 0.2) is 5.65 Å². The van der Waals surface area contributed by atoms with E-state index in [0.29, 0.717) is 18.9 Å². The molecule has 2 aromatic rings. The molecule has 100 valence electrons. The molecule has 1 amide bonds. The number of nitrogens with zero attached hydrogens (tertiary/aromatic N) is 5. The average Bonchev–Trinajstić information content (AvgIpc) is 2.81. The predicted octanol–water partition coefficient (Wildman–Crippen LogP) is -1.37. The van der Waals surface area contributed by atoms with E-state index in [0.717, 1.165) is 17.6 Å². The van der Waals surface area contributed by atoms with Gasteiger partial charge in [-0.15, -0.1) is 0 Å². The molecule has 3 N–H and O–H groups in total. The molecule has 0 aromatic carbocycles. The minimum Gasteiger partial charge on any atom is -0.368 e. The van der Waals surface area contributed by atoms with E-state index < -0.39 is 6.04 Å². The third-order valence-corrected chi connectivity index (χ3v) is 3.35. The fraction of sp³-hybridized carbons (Fsp3) is 0.455. The van der Waals surface area contributed by atoms with Crippen LogP contribution in [0.25, 0.3) is 11.0 Å². The van der Waals surface area contributed by atoms with Gasteiger partial charge in [-0.25, -0.2) is 9.97 Å².